The van der Waals surface area contributed by atoms with Crippen LogP contribution < -0.4 is 4.90 Å². The van der Waals surface area contributed by atoms with Gasteiger partial charge in [-0.15, -0.1) is 0 Å². The molecule has 1 aliphatic heterocycles. The van der Waals surface area contributed by atoms with Gasteiger partial charge in [0.05, 0.1) is 22.3 Å². The number of carbonyl (C=O) groups excluding carboxylic acids is 1. The minimum Gasteiger partial charge on any atom is -0.354 e. The molecular weight excluding hydrogens is 564 g/mol. The Morgan fingerprint density at radius 1 is 0.850 bits per heavy atom. The van der Waals surface area contributed by atoms with Gasteiger partial charge >= 0.3 is 0 Å². The molecule has 0 saturated carbocycles. The highest BCUT2D eigenvalue weighted by Gasteiger charge is 2.26. The van der Waals surface area contributed by atoms with Crippen molar-refractivity contribution < 1.29 is 4.79 Å². The van der Waals surface area contributed by atoms with Crippen LogP contribution in [0.25, 0.3) is 16.7 Å². The smallest absolute Gasteiger partial charge is 0.255 e. The summed E-state index contributed by atoms with van der Waals surface area (Å²) in [6.07, 6.45) is 1.48. The van der Waals surface area contributed by atoms with E-state index >= 15 is 0 Å². The average molecular weight is 596 g/mol. The molecule has 0 radical (unpaired) electrons. The quantitative estimate of drug-likeness (QED) is 0.244. The van der Waals surface area contributed by atoms with E-state index < -0.39 is 0 Å². The van der Waals surface area contributed by atoms with Gasteiger partial charge in [-0.25, -0.2) is 14.6 Å². The van der Waals surface area contributed by atoms with E-state index in [1.807, 2.05) is 71.1 Å². The van der Waals surface area contributed by atoms with E-state index in [9.17, 15) is 4.79 Å². The molecule has 0 bridgehead atoms. The SMILES string of the molecule is Cc1ccc(Cc2nc(N3CCCN(C(=O)c4ccccc4Br)CC3)c3c(C)nn(-c4ccccc4)c3n2)cc1. The van der Waals surface area contributed by atoms with Crippen molar-refractivity contribution in [1.29, 1.82) is 0 Å². The fourth-order valence-electron chi connectivity index (χ4n) is 5.29. The molecule has 6 rings (SSSR count). The van der Waals surface area contributed by atoms with Crippen LogP contribution in [0.5, 0.6) is 0 Å². The van der Waals surface area contributed by atoms with Crippen LogP contribution >= 0.6 is 15.9 Å². The molecule has 7 nitrogen and oxygen atoms in total. The normalized spacial score (nSPS) is 14.0. The van der Waals surface area contributed by atoms with E-state index in [0.29, 0.717) is 31.6 Å². The van der Waals surface area contributed by atoms with Gasteiger partial charge in [0.15, 0.2) is 5.65 Å². The molecule has 1 aliphatic rings. The second-order valence-corrected chi connectivity index (χ2v) is 11.1. The summed E-state index contributed by atoms with van der Waals surface area (Å²) in [6, 6.07) is 26.3. The number of hydrogen-bond acceptors (Lipinski definition) is 5. The first-order valence-corrected chi connectivity index (χ1v) is 14.4. The third kappa shape index (κ3) is 5.23. The summed E-state index contributed by atoms with van der Waals surface area (Å²) >= 11 is 3.54. The monoisotopic (exact) mass is 594 g/mol. The van der Waals surface area contributed by atoms with Gasteiger partial charge in [0, 0.05) is 37.1 Å². The number of amides is 1. The maximum atomic E-state index is 13.4. The topological polar surface area (TPSA) is 67.2 Å². The number of aromatic nitrogens is 4. The van der Waals surface area contributed by atoms with Crippen LogP contribution in [0.15, 0.2) is 83.3 Å². The Morgan fingerprint density at radius 3 is 2.38 bits per heavy atom. The van der Waals surface area contributed by atoms with Crippen LogP contribution in [0.2, 0.25) is 0 Å². The van der Waals surface area contributed by atoms with E-state index in [1.165, 1.54) is 11.1 Å². The van der Waals surface area contributed by atoms with E-state index in [-0.39, 0.29) is 5.91 Å². The van der Waals surface area contributed by atoms with Crippen molar-refractivity contribution in [3.05, 3.63) is 112 Å². The van der Waals surface area contributed by atoms with Crippen molar-refractivity contribution in [1.82, 2.24) is 24.6 Å². The number of nitrogens with zero attached hydrogens (tertiary/aromatic N) is 6. The Balaban J connectivity index is 1.38. The van der Waals surface area contributed by atoms with Crippen molar-refractivity contribution >= 4 is 38.7 Å². The Bertz CT molecular complexity index is 1660. The van der Waals surface area contributed by atoms with E-state index in [1.54, 1.807) is 0 Å². The summed E-state index contributed by atoms with van der Waals surface area (Å²) in [5.74, 6) is 1.70. The van der Waals surface area contributed by atoms with Crippen LogP contribution in [-0.2, 0) is 6.42 Å². The van der Waals surface area contributed by atoms with Gasteiger partial charge in [0.25, 0.3) is 5.91 Å². The minimum atomic E-state index is 0.0512. The molecule has 1 fully saturated rings. The second kappa shape index (κ2) is 11.2. The molecule has 8 heteroatoms. The molecule has 0 aliphatic carbocycles. The van der Waals surface area contributed by atoms with Crippen molar-refractivity contribution in [2.75, 3.05) is 31.1 Å². The van der Waals surface area contributed by atoms with Crippen molar-refractivity contribution in [3.8, 4) is 5.69 Å². The van der Waals surface area contributed by atoms with Crippen LogP contribution in [0.1, 0.15) is 39.4 Å². The number of fused-ring (bicyclic) bond motifs is 1. The van der Waals surface area contributed by atoms with Gasteiger partial charge in [0.2, 0.25) is 0 Å². The Kier molecular flexibility index (Phi) is 7.34. The highest BCUT2D eigenvalue weighted by molar-refractivity contribution is 9.10. The molecular formula is C32H31BrN6O. The molecule has 202 valence electrons. The second-order valence-electron chi connectivity index (χ2n) is 10.3. The van der Waals surface area contributed by atoms with Gasteiger partial charge in [-0.1, -0.05) is 60.2 Å². The molecule has 5 aromatic rings. The summed E-state index contributed by atoms with van der Waals surface area (Å²) in [7, 11) is 0. The van der Waals surface area contributed by atoms with Crippen LogP contribution in [0.3, 0.4) is 0 Å². The predicted molar refractivity (Wildman–Crippen MR) is 162 cm³/mol. The van der Waals surface area contributed by atoms with E-state index in [4.69, 9.17) is 15.1 Å². The molecule has 2 aromatic heterocycles. The molecule has 0 N–H and O–H groups in total. The first kappa shape index (κ1) is 26.2. The third-order valence-electron chi connectivity index (χ3n) is 7.40. The first-order valence-electron chi connectivity index (χ1n) is 13.6. The molecule has 0 spiro atoms. The van der Waals surface area contributed by atoms with E-state index in [2.05, 4.69) is 52.0 Å². The number of anilines is 1. The molecule has 40 heavy (non-hydrogen) atoms. The zero-order valence-corrected chi connectivity index (χ0v) is 24.3. The lowest BCUT2D eigenvalue weighted by Gasteiger charge is -2.24. The highest BCUT2D eigenvalue weighted by Crippen LogP contribution is 2.30. The number of rotatable bonds is 5. The maximum Gasteiger partial charge on any atom is 0.255 e. The number of para-hydroxylation sites is 1. The van der Waals surface area contributed by atoms with Gasteiger partial charge in [-0.05, 0) is 66.0 Å². The summed E-state index contributed by atoms with van der Waals surface area (Å²) in [5, 5.41) is 5.87. The Hall–Kier alpha value is -4.04. The Labute approximate surface area is 242 Å². The molecule has 3 heterocycles. The number of carbonyl (C=O) groups is 1. The van der Waals surface area contributed by atoms with Crippen LogP contribution in [0, 0.1) is 13.8 Å². The number of benzene rings is 3. The Morgan fingerprint density at radius 2 is 1.60 bits per heavy atom. The number of hydrogen-bond donors (Lipinski definition) is 0. The van der Waals surface area contributed by atoms with Crippen LogP contribution in [0.4, 0.5) is 5.82 Å². The molecule has 1 saturated heterocycles. The average Bonchev–Trinajstić information content (AvgIpc) is 3.13. The van der Waals surface area contributed by atoms with Gasteiger partial charge in [-0.2, -0.15) is 5.10 Å². The zero-order chi connectivity index (χ0) is 27.6. The fraction of sp³-hybridized carbons (Fsp3) is 0.250. The molecule has 1 amide bonds. The summed E-state index contributed by atoms with van der Waals surface area (Å²) < 4.78 is 2.75. The predicted octanol–water partition coefficient (Wildman–Crippen LogP) is 6.14. The van der Waals surface area contributed by atoms with E-state index in [0.717, 1.165) is 51.5 Å². The van der Waals surface area contributed by atoms with Gasteiger partial charge < -0.3 is 9.80 Å². The standard InChI is InChI=1S/C32H31BrN6O/c1-22-13-15-24(16-14-22)21-28-34-30(29-23(2)36-39(31(29)35-28)25-9-4-3-5-10-25)37-17-8-18-38(20-19-37)32(40)26-11-6-7-12-27(26)33/h3-7,9-16H,8,17-21H2,1-2H3. The summed E-state index contributed by atoms with van der Waals surface area (Å²) in [6.45, 7) is 6.91. The lowest BCUT2D eigenvalue weighted by molar-refractivity contribution is 0.0766. The molecule has 0 atom stereocenters. The van der Waals surface area contributed by atoms with Crippen molar-refractivity contribution in [3.63, 3.8) is 0 Å². The molecule has 0 unspecified atom stereocenters. The fourth-order valence-corrected chi connectivity index (χ4v) is 5.74. The van der Waals surface area contributed by atoms with Gasteiger partial charge in [0.1, 0.15) is 11.6 Å². The molecule has 3 aromatic carbocycles. The van der Waals surface area contributed by atoms with Crippen molar-refractivity contribution in [2.45, 2.75) is 26.7 Å². The summed E-state index contributed by atoms with van der Waals surface area (Å²) in [5.41, 5.74) is 5.75. The minimum absolute atomic E-state index is 0.0512. The first-order chi connectivity index (χ1) is 19.5. The third-order valence-corrected chi connectivity index (χ3v) is 8.09. The zero-order valence-electron chi connectivity index (χ0n) is 22.7. The number of halogens is 1. The van der Waals surface area contributed by atoms with Crippen molar-refractivity contribution in [2.24, 2.45) is 0 Å². The van der Waals surface area contributed by atoms with Gasteiger partial charge in [-0.3, -0.25) is 4.79 Å². The maximum absolute atomic E-state index is 13.4. The van der Waals surface area contributed by atoms with Crippen LogP contribution in [-0.4, -0.2) is 56.7 Å². The largest absolute Gasteiger partial charge is 0.354 e. The lowest BCUT2D eigenvalue weighted by Crippen LogP contribution is -2.35. The lowest BCUT2D eigenvalue weighted by atomic mass is 10.1. The number of aryl methyl sites for hydroxylation is 2. The summed E-state index contributed by atoms with van der Waals surface area (Å²) in [4.78, 5) is 27.8. The highest BCUT2D eigenvalue weighted by atomic mass is 79.9.